The zero-order valence-electron chi connectivity index (χ0n) is 11.9. The number of hydrogen-bond acceptors (Lipinski definition) is 3. The van der Waals surface area contributed by atoms with Gasteiger partial charge in [-0.3, -0.25) is 4.79 Å². The maximum atomic E-state index is 11.4. The van der Waals surface area contributed by atoms with E-state index >= 15 is 0 Å². The summed E-state index contributed by atoms with van der Waals surface area (Å²) in [5.74, 6) is 0.825. The van der Waals surface area contributed by atoms with E-state index in [0.717, 1.165) is 23.0 Å². The van der Waals surface area contributed by atoms with Gasteiger partial charge >= 0.3 is 0 Å². The molecule has 3 nitrogen and oxygen atoms in total. The molecule has 2 aromatic rings. The monoisotopic (exact) mass is 268 g/mol. The molecule has 0 radical (unpaired) electrons. The highest BCUT2D eigenvalue weighted by molar-refractivity contribution is 5.91. The molecule has 1 fully saturated rings. The summed E-state index contributed by atoms with van der Waals surface area (Å²) in [6.07, 6.45) is 7.20. The Bertz CT molecular complexity index is 617. The van der Waals surface area contributed by atoms with E-state index in [-0.39, 0.29) is 0 Å². The summed E-state index contributed by atoms with van der Waals surface area (Å²) in [4.78, 5) is 18.3. The Morgan fingerprint density at radius 2 is 1.95 bits per heavy atom. The summed E-state index contributed by atoms with van der Waals surface area (Å²) in [7, 11) is 2.07. The first kappa shape index (κ1) is 13.1. The third-order valence-corrected chi connectivity index (χ3v) is 4.32. The zero-order chi connectivity index (χ0) is 13.9. The lowest BCUT2D eigenvalue weighted by atomic mass is 9.94. The molecule has 1 aromatic heterocycles. The first-order valence-electron chi connectivity index (χ1n) is 7.37. The van der Waals surface area contributed by atoms with Crippen molar-refractivity contribution in [1.29, 1.82) is 0 Å². The Hall–Kier alpha value is -1.90. The van der Waals surface area contributed by atoms with Crippen LogP contribution in [-0.4, -0.2) is 24.4 Å². The molecule has 3 rings (SSSR count). The fraction of sp³-hybridized carbons (Fsp3) is 0.412. The molecule has 0 saturated heterocycles. The number of nitrogens with zero attached hydrogens (tertiary/aromatic N) is 2. The molecule has 104 valence electrons. The predicted octanol–water partition coefficient (Wildman–Crippen LogP) is 3.82. The molecule has 1 aliphatic rings. The van der Waals surface area contributed by atoms with E-state index in [1.165, 1.54) is 32.1 Å². The van der Waals surface area contributed by atoms with Crippen molar-refractivity contribution in [3.63, 3.8) is 0 Å². The van der Waals surface area contributed by atoms with E-state index in [1.54, 1.807) is 0 Å². The van der Waals surface area contributed by atoms with Gasteiger partial charge in [0, 0.05) is 18.5 Å². The molecule has 20 heavy (non-hydrogen) atoms. The molecule has 1 aromatic carbocycles. The number of carbonyl (C=O) groups is 1. The standard InChI is InChI=1S/C17H20N2O/c1-19(15-8-3-2-4-9-15)17-14(12-20)11-13-7-5-6-10-16(13)18-17/h5-7,10-12,15H,2-4,8-9H2,1H3. The number of benzene rings is 1. The molecule has 1 aliphatic carbocycles. The van der Waals surface area contributed by atoms with Crippen LogP contribution >= 0.6 is 0 Å². The number of fused-ring (bicyclic) bond motifs is 1. The van der Waals surface area contributed by atoms with Crippen molar-refractivity contribution in [2.75, 3.05) is 11.9 Å². The Morgan fingerprint density at radius 3 is 2.70 bits per heavy atom. The lowest BCUT2D eigenvalue weighted by molar-refractivity contribution is 0.112. The van der Waals surface area contributed by atoms with Gasteiger partial charge in [0.25, 0.3) is 0 Å². The highest BCUT2D eigenvalue weighted by Gasteiger charge is 2.21. The van der Waals surface area contributed by atoms with Crippen LogP contribution < -0.4 is 4.90 Å². The van der Waals surface area contributed by atoms with Crippen LogP contribution in [0.15, 0.2) is 30.3 Å². The normalized spacial score (nSPS) is 16.2. The van der Waals surface area contributed by atoms with Gasteiger partial charge < -0.3 is 4.90 Å². The number of aromatic nitrogens is 1. The van der Waals surface area contributed by atoms with Crippen LogP contribution in [0.5, 0.6) is 0 Å². The third-order valence-electron chi connectivity index (χ3n) is 4.32. The Morgan fingerprint density at radius 1 is 1.20 bits per heavy atom. The molecular weight excluding hydrogens is 248 g/mol. The van der Waals surface area contributed by atoms with E-state index in [2.05, 4.69) is 11.9 Å². The number of hydrogen-bond donors (Lipinski definition) is 0. The number of para-hydroxylation sites is 1. The van der Waals surface area contributed by atoms with E-state index in [0.29, 0.717) is 11.6 Å². The number of anilines is 1. The van der Waals surface area contributed by atoms with Gasteiger partial charge in [-0.1, -0.05) is 37.5 Å². The van der Waals surface area contributed by atoms with Crippen molar-refractivity contribution in [2.45, 2.75) is 38.1 Å². The molecule has 1 heterocycles. The SMILES string of the molecule is CN(c1nc2ccccc2cc1C=O)C1CCCCC1. The molecule has 0 aliphatic heterocycles. The lowest BCUT2D eigenvalue weighted by Gasteiger charge is -2.32. The van der Waals surface area contributed by atoms with Crippen LogP contribution in [0.25, 0.3) is 10.9 Å². The average molecular weight is 268 g/mol. The third kappa shape index (κ3) is 2.40. The smallest absolute Gasteiger partial charge is 0.153 e. The van der Waals surface area contributed by atoms with Gasteiger partial charge in [0.2, 0.25) is 0 Å². The zero-order valence-corrected chi connectivity index (χ0v) is 11.9. The van der Waals surface area contributed by atoms with Crippen LogP contribution in [0.3, 0.4) is 0 Å². The van der Waals surface area contributed by atoms with Crippen LogP contribution in [-0.2, 0) is 0 Å². The minimum atomic E-state index is 0.510. The van der Waals surface area contributed by atoms with Crippen molar-refractivity contribution >= 4 is 23.0 Å². The summed E-state index contributed by atoms with van der Waals surface area (Å²) < 4.78 is 0. The number of aldehydes is 1. The quantitative estimate of drug-likeness (QED) is 0.793. The fourth-order valence-corrected chi connectivity index (χ4v) is 3.13. The number of carbonyl (C=O) groups excluding carboxylic acids is 1. The van der Waals surface area contributed by atoms with Gasteiger partial charge in [-0.05, 0) is 25.0 Å². The lowest BCUT2D eigenvalue weighted by Crippen LogP contribution is -2.34. The van der Waals surface area contributed by atoms with Crippen LogP contribution in [0.4, 0.5) is 5.82 Å². The van der Waals surface area contributed by atoms with Crippen molar-refractivity contribution in [1.82, 2.24) is 4.98 Å². The fourth-order valence-electron chi connectivity index (χ4n) is 3.13. The summed E-state index contributed by atoms with van der Waals surface area (Å²) in [6, 6.07) is 10.4. The van der Waals surface area contributed by atoms with Gasteiger partial charge in [-0.25, -0.2) is 4.98 Å². The summed E-state index contributed by atoms with van der Waals surface area (Å²) in [6.45, 7) is 0. The Kier molecular flexibility index (Phi) is 3.68. The van der Waals surface area contributed by atoms with Gasteiger partial charge in [0.1, 0.15) is 5.82 Å². The topological polar surface area (TPSA) is 33.2 Å². The molecular formula is C17H20N2O. The van der Waals surface area contributed by atoms with Crippen molar-refractivity contribution in [3.8, 4) is 0 Å². The van der Waals surface area contributed by atoms with E-state index in [1.807, 2.05) is 30.3 Å². The van der Waals surface area contributed by atoms with Gasteiger partial charge in [-0.2, -0.15) is 0 Å². The Labute approximate surface area is 119 Å². The largest absolute Gasteiger partial charge is 0.356 e. The molecule has 0 N–H and O–H groups in total. The molecule has 3 heteroatoms. The number of pyridine rings is 1. The number of rotatable bonds is 3. The van der Waals surface area contributed by atoms with Crippen LogP contribution in [0.2, 0.25) is 0 Å². The first-order valence-corrected chi connectivity index (χ1v) is 7.37. The summed E-state index contributed by atoms with van der Waals surface area (Å²) in [5, 5.41) is 1.02. The second kappa shape index (κ2) is 5.61. The predicted molar refractivity (Wildman–Crippen MR) is 82.4 cm³/mol. The van der Waals surface area contributed by atoms with Crippen molar-refractivity contribution in [2.24, 2.45) is 0 Å². The van der Waals surface area contributed by atoms with E-state index < -0.39 is 0 Å². The second-order valence-electron chi connectivity index (χ2n) is 5.61. The van der Waals surface area contributed by atoms with E-state index in [4.69, 9.17) is 4.98 Å². The summed E-state index contributed by atoms with van der Waals surface area (Å²) in [5.41, 5.74) is 1.65. The minimum absolute atomic E-state index is 0.510. The second-order valence-corrected chi connectivity index (χ2v) is 5.61. The highest BCUT2D eigenvalue weighted by Crippen LogP contribution is 2.28. The summed E-state index contributed by atoms with van der Waals surface area (Å²) >= 11 is 0. The molecule has 0 bridgehead atoms. The Balaban J connectivity index is 2.02. The highest BCUT2D eigenvalue weighted by atomic mass is 16.1. The minimum Gasteiger partial charge on any atom is -0.356 e. The van der Waals surface area contributed by atoms with E-state index in [9.17, 15) is 4.79 Å². The van der Waals surface area contributed by atoms with Crippen LogP contribution in [0.1, 0.15) is 42.5 Å². The average Bonchev–Trinajstić information content (AvgIpc) is 2.53. The van der Waals surface area contributed by atoms with Crippen molar-refractivity contribution < 1.29 is 4.79 Å². The maximum Gasteiger partial charge on any atom is 0.153 e. The molecule has 0 unspecified atom stereocenters. The van der Waals surface area contributed by atoms with Crippen LogP contribution in [0, 0.1) is 0 Å². The first-order chi connectivity index (χ1) is 9.79. The molecule has 0 atom stereocenters. The van der Waals surface area contributed by atoms with Gasteiger partial charge in [-0.15, -0.1) is 0 Å². The maximum absolute atomic E-state index is 11.4. The van der Waals surface area contributed by atoms with Crippen molar-refractivity contribution in [3.05, 3.63) is 35.9 Å². The molecule has 1 saturated carbocycles. The molecule has 0 spiro atoms. The van der Waals surface area contributed by atoms with Gasteiger partial charge in [0.15, 0.2) is 6.29 Å². The molecule has 0 amide bonds. The van der Waals surface area contributed by atoms with Gasteiger partial charge in [0.05, 0.1) is 11.1 Å².